The van der Waals surface area contributed by atoms with Crippen molar-refractivity contribution in [2.45, 2.75) is 90.5 Å². The molecule has 2 N–H and O–H groups in total. The van der Waals surface area contributed by atoms with Gasteiger partial charge in [-0.2, -0.15) is 0 Å². The predicted molar refractivity (Wildman–Crippen MR) is 168 cm³/mol. The smallest absolute Gasteiger partial charge is 0.408 e. The van der Waals surface area contributed by atoms with Crippen LogP contribution in [0.2, 0.25) is 0 Å². The average Bonchev–Trinajstić information content (AvgIpc) is 3.42. The van der Waals surface area contributed by atoms with Crippen molar-refractivity contribution >= 4 is 28.9 Å². The molecule has 3 heterocycles. The summed E-state index contributed by atoms with van der Waals surface area (Å²) in [5.74, 6) is -0.814. The first-order valence-electron chi connectivity index (χ1n) is 15.5. The molecule has 2 aromatic heterocycles. The summed E-state index contributed by atoms with van der Waals surface area (Å²) in [6.07, 6.45) is 2.92. The number of pyridine rings is 2. The van der Waals surface area contributed by atoms with Crippen LogP contribution in [0.5, 0.6) is 11.5 Å². The Kier molecular flexibility index (Phi) is 9.18. The standard InChI is InChI=1S/C34H42N4O7/c1-19(2)30(37-33(42)45-34(3,4)5)31(39)38-18-22(16-28(38)32(40)41)44-29-17-27(36-26-15-21(43-6)12-13-23(26)29)25-14-11-20-9-7-8-10-24(20)35-25/h11-15,17,19,22,28,30H,7-10,16,18H2,1-6H3,(H,37,42)(H,40,41)/t22-,28+,30+/m1/s1. The number of carboxylic acid groups (broad SMARTS) is 1. The third-order valence-corrected chi connectivity index (χ3v) is 8.15. The predicted octanol–water partition coefficient (Wildman–Crippen LogP) is 5.17. The minimum absolute atomic E-state index is 0.0292. The Morgan fingerprint density at radius 2 is 1.78 bits per heavy atom. The molecular weight excluding hydrogens is 576 g/mol. The summed E-state index contributed by atoms with van der Waals surface area (Å²) in [5, 5.41) is 13.5. The number of methoxy groups -OCH3 is 1. The third-order valence-electron chi connectivity index (χ3n) is 8.15. The maximum absolute atomic E-state index is 13.7. The molecule has 1 aromatic carbocycles. The maximum atomic E-state index is 13.7. The Morgan fingerprint density at radius 1 is 1.02 bits per heavy atom. The fraction of sp³-hybridized carbons (Fsp3) is 0.500. The van der Waals surface area contributed by atoms with E-state index in [1.807, 2.05) is 30.3 Å². The second kappa shape index (κ2) is 12.9. The minimum Gasteiger partial charge on any atom is -0.497 e. The lowest BCUT2D eigenvalue weighted by Crippen LogP contribution is -2.54. The van der Waals surface area contributed by atoms with E-state index in [0.29, 0.717) is 22.7 Å². The summed E-state index contributed by atoms with van der Waals surface area (Å²) < 4.78 is 17.3. The van der Waals surface area contributed by atoms with Gasteiger partial charge in [-0.15, -0.1) is 0 Å². The molecule has 0 bridgehead atoms. The number of rotatable bonds is 8. The van der Waals surface area contributed by atoms with Gasteiger partial charge in [0.05, 0.1) is 30.6 Å². The molecule has 0 spiro atoms. The Morgan fingerprint density at radius 3 is 2.47 bits per heavy atom. The summed E-state index contributed by atoms with van der Waals surface area (Å²) in [6, 6.07) is 9.31. The maximum Gasteiger partial charge on any atom is 0.408 e. The van der Waals surface area contributed by atoms with Crippen LogP contribution in [0.4, 0.5) is 4.79 Å². The number of carboxylic acids is 1. The van der Waals surface area contributed by atoms with E-state index in [0.717, 1.165) is 42.5 Å². The Balaban J connectivity index is 1.44. The quantitative estimate of drug-likeness (QED) is 0.350. The van der Waals surface area contributed by atoms with Crippen LogP contribution in [0, 0.1) is 5.92 Å². The number of nitrogens with zero attached hydrogens (tertiary/aromatic N) is 3. The molecule has 3 atom stereocenters. The van der Waals surface area contributed by atoms with Crippen molar-refractivity contribution in [1.29, 1.82) is 0 Å². The van der Waals surface area contributed by atoms with E-state index in [9.17, 15) is 19.5 Å². The van der Waals surface area contributed by atoms with Gasteiger partial charge in [-0.25, -0.2) is 14.6 Å². The highest BCUT2D eigenvalue weighted by Gasteiger charge is 2.44. The van der Waals surface area contributed by atoms with E-state index in [1.54, 1.807) is 41.7 Å². The number of alkyl carbamates (subject to hydrolysis) is 1. The molecule has 3 aromatic rings. The molecule has 45 heavy (non-hydrogen) atoms. The number of aliphatic carboxylic acids is 1. The number of hydrogen-bond donors (Lipinski definition) is 2. The molecule has 1 saturated heterocycles. The van der Waals surface area contributed by atoms with Crippen molar-refractivity contribution < 1.29 is 33.7 Å². The number of nitrogens with one attached hydrogen (secondary N) is 1. The lowest BCUT2D eigenvalue weighted by atomic mass is 9.95. The fourth-order valence-corrected chi connectivity index (χ4v) is 5.92. The second-order valence-corrected chi connectivity index (χ2v) is 13.1. The zero-order valence-electron chi connectivity index (χ0n) is 26.8. The van der Waals surface area contributed by atoms with Gasteiger partial charge in [-0.3, -0.25) is 9.78 Å². The minimum atomic E-state index is -1.14. The number of benzene rings is 1. The molecule has 2 aliphatic rings. The molecule has 2 amide bonds. The van der Waals surface area contributed by atoms with Crippen LogP contribution >= 0.6 is 0 Å². The lowest BCUT2D eigenvalue weighted by Gasteiger charge is -2.30. The number of likely N-dealkylation sites (tertiary alicyclic amines) is 1. The number of aromatic nitrogens is 2. The van der Waals surface area contributed by atoms with Crippen LogP contribution < -0.4 is 14.8 Å². The third kappa shape index (κ3) is 7.29. The average molecular weight is 619 g/mol. The van der Waals surface area contributed by atoms with Gasteiger partial charge in [-0.1, -0.05) is 19.9 Å². The van der Waals surface area contributed by atoms with Crippen molar-refractivity contribution in [3.8, 4) is 22.9 Å². The highest BCUT2D eigenvalue weighted by Crippen LogP contribution is 2.35. The van der Waals surface area contributed by atoms with E-state index in [2.05, 4.69) is 11.4 Å². The topological polar surface area (TPSA) is 140 Å². The molecular formula is C34H42N4O7. The first-order valence-corrected chi connectivity index (χ1v) is 15.5. The van der Waals surface area contributed by atoms with Crippen molar-refractivity contribution in [2.75, 3.05) is 13.7 Å². The van der Waals surface area contributed by atoms with Gasteiger partial charge >= 0.3 is 12.1 Å². The SMILES string of the molecule is COc1ccc2c(O[C@@H]3C[C@@H](C(=O)O)N(C(=O)[C@@H](NC(=O)OC(C)(C)C)C(C)C)C3)cc(-c3ccc4c(n3)CCCC4)nc2c1. The van der Waals surface area contributed by atoms with Crippen molar-refractivity contribution in [2.24, 2.45) is 5.92 Å². The summed E-state index contributed by atoms with van der Waals surface area (Å²) in [7, 11) is 1.59. The van der Waals surface area contributed by atoms with Crippen molar-refractivity contribution in [3.05, 3.63) is 47.7 Å². The van der Waals surface area contributed by atoms with Crippen LogP contribution in [-0.4, -0.2) is 75.4 Å². The molecule has 0 unspecified atom stereocenters. The molecule has 11 nitrogen and oxygen atoms in total. The largest absolute Gasteiger partial charge is 0.497 e. The van der Waals surface area contributed by atoms with E-state index >= 15 is 0 Å². The number of carbonyl (C=O) groups excluding carboxylic acids is 2. The monoisotopic (exact) mass is 618 g/mol. The Bertz CT molecular complexity index is 1600. The van der Waals surface area contributed by atoms with Crippen molar-refractivity contribution in [1.82, 2.24) is 20.2 Å². The van der Waals surface area contributed by atoms with Gasteiger partial charge < -0.3 is 29.5 Å². The van der Waals surface area contributed by atoms with Gasteiger partial charge in [0.25, 0.3) is 0 Å². The molecule has 11 heteroatoms. The van der Waals surface area contributed by atoms with Gasteiger partial charge in [0, 0.05) is 29.6 Å². The Hall–Kier alpha value is -4.41. The van der Waals surface area contributed by atoms with E-state index < -0.39 is 41.8 Å². The summed E-state index contributed by atoms with van der Waals surface area (Å²) >= 11 is 0. The molecule has 1 aliphatic heterocycles. The summed E-state index contributed by atoms with van der Waals surface area (Å²) in [4.78, 5) is 49.8. The van der Waals surface area contributed by atoms with Gasteiger partial charge in [0.2, 0.25) is 5.91 Å². The summed E-state index contributed by atoms with van der Waals surface area (Å²) in [6.45, 7) is 8.79. The molecule has 5 rings (SSSR count). The molecule has 1 fully saturated rings. The van der Waals surface area contributed by atoms with E-state index in [-0.39, 0.29) is 18.9 Å². The zero-order valence-corrected chi connectivity index (χ0v) is 26.8. The summed E-state index contributed by atoms with van der Waals surface area (Å²) in [5.41, 5.74) is 3.59. The Labute approximate surface area is 263 Å². The first-order chi connectivity index (χ1) is 21.3. The molecule has 1 aliphatic carbocycles. The number of amides is 2. The van der Waals surface area contributed by atoms with Gasteiger partial charge in [0.1, 0.15) is 35.3 Å². The zero-order chi connectivity index (χ0) is 32.5. The highest BCUT2D eigenvalue weighted by molar-refractivity contribution is 5.91. The number of hydrogen-bond acceptors (Lipinski definition) is 8. The van der Waals surface area contributed by atoms with Gasteiger partial charge in [0.15, 0.2) is 0 Å². The van der Waals surface area contributed by atoms with Crippen LogP contribution in [0.25, 0.3) is 22.3 Å². The van der Waals surface area contributed by atoms with Crippen molar-refractivity contribution in [3.63, 3.8) is 0 Å². The van der Waals surface area contributed by atoms with Gasteiger partial charge in [-0.05, 0) is 76.1 Å². The van der Waals surface area contributed by atoms with Crippen LogP contribution in [0.1, 0.15) is 65.1 Å². The fourth-order valence-electron chi connectivity index (χ4n) is 5.92. The molecule has 0 radical (unpaired) electrons. The number of carbonyl (C=O) groups is 3. The van der Waals surface area contributed by atoms with Crippen LogP contribution in [0.15, 0.2) is 36.4 Å². The van der Waals surface area contributed by atoms with Crippen LogP contribution in [0.3, 0.4) is 0 Å². The lowest BCUT2D eigenvalue weighted by molar-refractivity contribution is -0.149. The van der Waals surface area contributed by atoms with Crippen LogP contribution in [-0.2, 0) is 27.2 Å². The number of ether oxygens (including phenoxy) is 3. The molecule has 0 saturated carbocycles. The second-order valence-electron chi connectivity index (χ2n) is 13.1. The van der Waals surface area contributed by atoms with E-state index in [1.165, 1.54) is 10.5 Å². The number of aryl methyl sites for hydroxylation is 2. The first kappa shape index (κ1) is 32.0. The molecule has 240 valence electrons. The van der Waals surface area contributed by atoms with E-state index in [4.69, 9.17) is 24.2 Å². The highest BCUT2D eigenvalue weighted by atomic mass is 16.6. The number of fused-ring (bicyclic) bond motifs is 2. The normalized spacial score (nSPS) is 18.8.